The molecule has 1 fully saturated rings. The number of nitrogens with one attached hydrogen (secondary N) is 2. The van der Waals surface area contributed by atoms with Crippen LogP contribution < -0.4 is 10.6 Å². The van der Waals surface area contributed by atoms with Crippen LogP contribution in [0.2, 0.25) is 0 Å². The van der Waals surface area contributed by atoms with Crippen LogP contribution in [0.3, 0.4) is 0 Å². The summed E-state index contributed by atoms with van der Waals surface area (Å²) in [5, 5.41) is 78.2. The number of aliphatic hydroxyl groups is 1. The fourth-order valence-electron chi connectivity index (χ4n) is 12.1. The van der Waals surface area contributed by atoms with Crippen molar-refractivity contribution in [1.82, 2.24) is 10.6 Å². The molecule has 67 heavy (non-hydrogen) atoms. The number of carboxylic acids is 6. The van der Waals surface area contributed by atoms with Crippen LogP contribution in [-0.2, 0) is 33.6 Å². The predicted molar refractivity (Wildman–Crippen MR) is 244 cm³/mol. The molecule has 8 bridgehead atoms. The number of aliphatic carboxylic acids is 6. The van der Waals surface area contributed by atoms with Gasteiger partial charge in [-0.3, -0.25) is 48.5 Å². The summed E-state index contributed by atoms with van der Waals surface area (Å²) >= 11 is 0. The van der Waals surface area contributed by atoms with E-state index in [4.69, 9.17) is 15.0 Å². The van der Waals surface area contributed by atoms with Gasteiger partial charge in [0.05, 0.1) is 36.9 Å². The summed E-state index contributed by atoms with van der Waals surface area (Å²) in [5.41, 5.74) is -3.41. The van der Waals surface area contributed by atoms with Gasteiger partial charge in [0.15, 0.2) is 0 Å². The number of carbonyl (C=O) groups excluding carboxylic acids is 1. The van der Waals surface area contributed by atoms with E-state index in [9.17, 15) is 69.3 Å². The summed E-state index contributed by atoms with van der Waals surface area (Å²) in [6.07, 6.45) is -1.85. The van der Waals surface area contributed by atoms with Crippen LogP contribution in [0.25, 0.3) is 0 Å². The number of hydrogen-bond acceptors (Lipinski definition) is 12. The predicted octanol–water partition coefficient (Wildman–Crippen LogP) is 5.33. The maximum atomic E-state index is 13.4. The molecule has 0 radical (unpaired) electrons. The van der Waals surface area contributed by atoms with Crippen molar-refractivity contribution in [3.63, 3.8) is 0 Å². The minimum atomic E-state index is -1.62. The molecule has 5 aliphatic rings. The molecule has 368 valence electrons. The van der Waals surface area contributed by atoms with Gasteiger partial charge in [-0.25, -0.2) is 0 Å². The second-order valence-corrected chi connectivity index (χ2v) is 20.7. The van der Waals surface area contributed by atoms with Gasteiger partial charge < -0.3 is 46.4 Å². The highest BCUT2D eigenvalue weighted by molar-refractivity contribution is 6.10. The standard InChI is InChI=1S/C48H67N5O14/c1-23(54)22-49-32(55)16-17-45(6)29(18-36(62)63)43-48(9)47(8,21-38(66)67)28(12-15-35(60)61)40(53-48)25(3)42-46(7,20-37(64)65)26(10-13-33(56)57)30(50-42)19-31-44(4,5)27(11-14-34(58)59)39(51-31)24(2)41(45)52-43/h19,23,26-29,43,50,54H,10-18,20-22H2,1-9H3,(H,49,55)(H,56,57)(H,58,59)(H,60,61)(H,62,63)(H,64,65)(H,66,67)/b30-19-,39-24-,42-25-/t23-,26-,27-,28-,29+,43?,45-,46+,47+,48-/m1/s1. The van der Waals surface area contributed by atoms with E-state index in [0.717, 1.165) is 0 Å². The highest BCUT2D eigenvalue weighted by Gasteiger charge is 2.66. The maximum Gasteiger partial charge on any atom is 0.304 e. The minimum absolute atomic E-state index is 0.0190. The van der Waals surface area contributed by atoms with Gasteiger partial charge in [0.2, 0.25) is 5.91 Å². The Morgan fingerprint density at radius 1 is 0.716 bits per heavy atom. The van der Waals surface area contributed by atoms with E-state index in [1.54, 1.807) is 47.6 Å². The Morgan fingerprint density at radius 2 is 1.27 bits per heavy atom. The van der Waals surface area contributed by atoms with Gasteiger partial charge in [-0.1, -0.05) is 34.6 Å². The van der Waals surface area contributed by atoms with Crippen LogP contribution >= 0.6 is 0 Å². The first-order valence-corrected chi connectivity index (χ1v) is 22.9. The topological polar surface area (TPSA) is 322 Å². The van der Waals surface area contributed by atoms with E-state index in [-0.39, 0.29) is 57.2 Å². The molecule has 0 spiro atoms. The van der Waals surface area contributed by atoms with Crippen molar-refractivity contribution in [2.45, 2.75) is 151 Å². The van der Waals surface area contributed by atoms with E-state index in [0.29, 0.717) is 39.7 Å². The summed E-state index contributed by atoms with van der Waals surface area (Å²) in [5.74, 6) is -10.7. The van der Waals surface area contributed by atoms with Crippen molar-refractivity contribution in [2.24, 2.45) is 60.3 Å². The van der Waals surface area contributed by atoms with E-state index < -0.39 is 130 Å². The smallest absolute Gasteiger partial charge is 0.304 e. The molecule has 0 aliphatic carbocycles. The molecule has 1 unspecified atom stereocenters. The van der Waals surface area contributed by atoms with Crippen LogP contribution in [-0.4, -0.2) is 119 Å². The Kier molecular flexibility index (Phi) is 14.9. The van der Waals surface area contributed by atoms with E-state index in [1.165, 1.54) is 6.92 Å². The third kappa shape index (κ3) is 9.84. The maximum absolute atomic E-state index is 13.4. The SMILES string of the molecule is C/C1=C2N=C(/C=C3\N/C(=C(/C)C4=N[C@](C)(C5N=C1[C@](C)(CCC(=O)NC[C@@H](C)O)[C@H]5CC(=O)O)[C@@](C)(CC(=O)O)[C@@H]4CCC(=O)O)[C@@](C)(CC(=O)O)[C@@H]3CCC(=O)O)C(C)(C)[C@@H]/2CCC(=O)O. The molecule has 1 saturated heterocycles. The van der Waals surface area contributed by atoms with E-state index in [1.807, 2.05) is 13.8 Å². The van der Waals surface area contributed by atoms with Crippen LogP contribution in [0.15, 0.2) is 49.3 Å². The van der Waals surface area contributed by atoms with Gasteiger partial charge >= 0.3 is 35.8 Å². The molecular weight excluding hydrogens is 871 g/mol. The number of aliphatic hydroxyl groups excluding tert-OH is 1. The lowest BCUT2D eigenvalue weighted by atomic mass is 9.55. The summed E-state index contributed by atoms with van der Waals surface area (Å²) in [6, 6.07) is -1.13. The molecular formula is C48H67N5O14. The van der Waals surface area contributed by atoms with Crippen molar-refractivity contribution in [2.75, 3.05) is 6.54 Å². The van der Waals surface area contributed by atoms with Crippen LogP contribution in [0, 0.1) is 45.3 Å². The third-order valence-corrected chi connectivity index (χ3v) is 15.9. The van der Waals surface area contributed by atoms with E-state index >= 15 is 0 Å². The van der Waals surface area contributed by atoms with Crippen molar-refractivity contribution in [3.8, 4) is 0 Å². The molecule has 1 amide bonds. The number of aliphatic imine (C=N–C) groups is 3. The summed E-state index contributed by atoms with van der Waals surface area (Å²) in [6.45, 7) is 15.6. The van der Waals surface area contributed by atoms with Crippen LogP contribution in [0.4, 0.5) is 0 Å². The van der Waals surface area contributed by atoms with Gasteiger partial charge in [-0.05, 0) is 70.6 Å². The molecule has 10 atom stereocenters. The summed E-state index contributed by atoms with van der Waals surface area (Å²) in [7, 11) is 0. The number of hydrogen-bond donors (Lipinski definition) is 9. The van der Waals surface area contributed by atoms with Gasteiger partial charge in [-0.2, -0.15) is 0 Å². The summed E-state index contributed by atoms with van der Waals surface area (Å²) < 4.78 is 0. The molecule has 19 nitrogen and oxygen atoms in total. The molecule has 0 aromatic carbocycles. The monoisotopic (exact) mass is 937 g/mol. The molecule has 19 heteroatoms. The fraction of sp³-hybridized carbons (Fsp3) is 0.667. The van der Waals surface area contributed by atoms with Gasteiger partial charge in [0, 0.05) is 112 Å². The van der Waals surface area contributed by atoms with Crippen LogP contribution in [0.5, 0.6) is 0 Å². The average Bonchev–Trinajstić information content (AvgIpc) is 3.80. The molecule has 5 rings (SSSR count). The first kappa shape index (κ1) is 52.3. The second-order valence-electron chi connectivity index (χ2n) is 20.7. The number of carbonyl (C=O) groups is 7. The molecule has 0 saturated carbocycles. The molecule has 0 aromatic heterocycles. The zero-order valence-corrected chi connectivity index (χ0v) is 39.9. The highest BCUT2D eigenvalue weighted by atomic mass is 16.4. The number of fused-ring (bicyclic) bond motifs is 6. The van der Waals surface area contributed by atoms with Crippen molar-refractivity contribution < 1.29 is 69.3 Å². The minimum Gasteiger partial charge on any atom is -0.481 e. The largest absolute Gasteiger partial charge is 0.481 e. The lowest BCUT2D eigenvalue weighted by Crippen LogP contribution is -2.55. The number of allylic oxidation sites excluding steroid dienone is 6. The Labute approximate surface area is 389 Å². The number of nitrogens with zero attached hydrogens (tertiary/aromatic N) is 3. The number of rotatable bonds is 20. The third-order valence-electron chi connectivity index (χ3n) is 15.9. The van der Waals surface area contributed by atoms with Crippen molar-refractivity contribution in [3.05, 3.63) is 34.3 Å². The average molecular weight is 938 g/mol. The van der Waals surface area contributed by atoms with Gasteiger partial charge in [-0.15, -0.1) is 0 Å². The first-order valence-electron chi connectivity index (χ1n) is 22.9. The highest BCUT2D eigenvalue weighted by Crippen LogP contribution is 2.62. The zero-order chi connectivity index (χ0) is 50.4. The molecule has 5 aliphatic heterocycles. The van der Waals surface area contributed by atoms with Gasteiger partial charge in [0.1, 0.15) is 0 Å². The van der Waals surface area contributed by atoms with Crippen LogP contribution in [0.1, 0.15) is 133 Å². The lowest BCUT2D eigenvalue weighted by Gasteiger charge is -2.48. The van der Waals surface area contributed by atoms with Gasteiger partial charge in [0.25, 0.3) is 0 Å². The molecule has 9 N–H and O–H groups in total. The normalized spacial score (nSPS) is 35.2. The fourth-order valence-corrected chi connectivity index (χ4v) is 12.1. The molecule has 5 heterocycles. The number of amides is 1. The zero-order valence-electron chi connectivity index (χ0n) is 39.9. The van der Waals surface area contributed by atoms with Crippen molar-refractivity contribution in [1.29, 1.82) is 0 Å². The summed E-state index contributed by atoms with van der Waals surface area (Å²) in [4.78, 5) is 106. The number of carboxylic acid groups (broad SMARTS) is 6. The first-order chi connectivity index (χ1) is 30.9. The Balaban J connectivity index is 2.00. The molecule has 0 aromatic rings. The van der Waals surface area contributed by atoms with Crippen molar-refractivity contribution >= 4 is 58.9 Å². The Hall–Kier alpha value is -5.72. The Bertz CT molecular complexity index is 2310. The quantitative estimate of drug-likeness (QED) is 0.0745. The second kappa shape index (κ2) is 19.1. The lowest BCUT2D eigenvalue weighted by molar-refractivity contribution is -0.143. The Morgan fingerprint density at radius 3 is 1.79 bits per heavy atom. The van der Waals surface area contributed by atoms with E-state index in [2.05, 4.69) is 10.6 Å².